The number of hydrogen-bond donors (Lipinski definition) is 2. The van der Waals surface area contributed by atoms with E-state index in [1.54, 1.807) is 24.3 Å². The van der Waals surface area contributed by atoms with Crippen LogP contribution in [0.5, 0.6) is 5.75 Å². The number of carbonyl (C=O) groups excluding carboxylic acids is 1. The topological polar surface area (TPSA) is 64.3 Å². The van der Waals surface area contributed by atoms with Gasteiger partial charge in [-0.3, -0.25) is 4.79 Å². The van der Waals surface area contributed by atoms with E-state index in [4.69, 9.17) is 10.5 Å². The second kappa shape index (κ2) is 5.24. The van der Waals surface area contributed by atoms with Gasteiger partial charge in [0.1, 0.15) is 12.4 Å². The highest BCUT2D eigenvalue weighted by Crippen LogP contribution is 2.16. The molecule has 1 amide bonds. The van der Waals surface area contributed by atoms with E-state index in [-0.39, 0.29) is 0 Å². The van der Waals surface area contributed by atoms with Gasteiger partial charge in [-0.2, -0.15) is 0 Å². The monoisotopic (exact) mass is 194 g/mol. The number of nitrogens with two attached hydrogens (primary N) is 1. The molecule has 0 unspecified atom stereocenters. The molecular formula is C10H14N2O2. The first kappa shape index (κ1) is 10.5. The van der Waals surface area contributed by atoms with Gasteiger partial charge in [0.2, 0.25) is 0 Å². The van der Waals surface area contributed by atoms with E-state index in [0.29, 0.717) is 17.9 Å². The Kier molecular flexibility index (Phi) is 3.94. The Morgan fingerprint density at radius 1 is 1.50 bits per heavy atom. The molecule has 0 aromatic heterocycles. The first-order valence-electron chi connectivity index (χ1n) is 4.42. The average molecular weight is 194 g/mol. The standard InChI is InChI=1S/C10H14N2O2/c1-12-6-7-14-9-5-3-2-4-8(9)10(11)13/h2-5,12H,6-7H2,1H3,(H2,11,13). The number of primary amides is 1. The quantitative estimate of drug-likeness (QED) is 0.666. The van der Waals surface area contributed by atoms with Crippen LogP contribution in [0.3, 0.4) is 0 Å². The maximum Gasteiger partial charge on any atom is 0.252 e. The van der Waals surface area contributed by atoms with Crippen molar-refractivity contribution in [2.45, 2.75) is 0 Å². The predicted molar refractivity (Wildman–Crippen MR) is 54.4 cm³/mol. The van der Waals surface area contributed by atoms with E-state index in [2.05, 4.69) is 5.32 Å². The largest absolute Gasteiger partial charge is 0.491 e. The van der Waals surface area contributed by atoms with Crippen LogP contribution < -0.4 is 15.8 Å². The van der Waals surface area contributed by atoms with E-state index < -0.39 is 5.91 Å². The highest BCUT2D eigenvalue weighted by molar-refractivity contribution is 5.95. The number of likely N-dealkylation sites (N-methyl/N-ethyl adjacent to an activating group) is 1. The van der Waals surface area contributed by atoms with Gasteiger partial charge in [0.25, 0.3) is 5.91 Å². The zero-order chi connectivity index (χ0) is 10.4. The molecule has 1 aromatic rings. The third-order valence-electron chi connectivity index (χ3n) is 1.76. The summed E-state index contributed by atoms with van der Waals surface area (Å²) in [5.41, 5.74) is 5.60. The summed E-state index contributed by atoms with van der Waals surface area (Å²) in [5, 5.41) is 2.95. The number of benzene rings is 1. The molecule has 0 fully saturated rings. The van der Waals surface area contributed by atoms with Crippen molar-refractivity contribution in [3.63, 3.8) is 0 Å². The summed E-state index contributed by atoms with van der Waals surface area (Å²) in [6.07, 6.45) is 0. The molecule has 1 aromatic carbocycles. The minimum atomic E-state index is -0.468. The van der Waals surface area contributed by atoms with Crippen LogP contribution in [0.2, 0.25) is 0 Å². The molecule has 0 saturated heterocycles. The van der Waals surface area contributed by atoms with Gasteiger partial charge in [-0.05, 0) is 19.2 Å². The maximum absolute atomic E-state index is 11.0. The fourth-order valence-electron chi connectivity index (χ4n) is 1.06. The Morgan fingerprint density at radius 3 is 2.86 bits per heavy atom. The smallest absolute Gasteiger partial charge is 0.252 e. The third kappa shape index (κ3) is 2.74. The van der Waals surface area contributed by atoms with Gasteiger partial charge in [-0.1, -0.05) is 12.1 Å². The molecule has 0 radical (unpaired) electrons. The van der Waals surface area contributed by atoms with Crippen LogP contribution in [0.15, 0.2) is 24.3 Å². The molecule has 1 rings (SSSR count). The summed E-state index contributed by atoms with van der Waals surface area (Å²) in [5.74, 6) is 0.0697. The molecular weight excluding hydrogens is 180 g/mol. The van der Waals surface area contributed by atoms with Crippen molar-refractivity contribution in [3.8, 4) is 5.75 Å². The summed E-state index contributed by atoms with van der Waals surface area (Å²) < 4.78 is 5.38. The number of rotatable bonds is 5. The van der Waals surface area contributed by atoms with E-state index in [9.17, 15) is 4.79 Å². The number of nitrogens with one attached hydrogen (secondary N) is 1. The van der Waals surface area contributed by atoms with E-state index in [1.807, 2.05) is 7.05 Å². The Labute approximate surface area is 83.1 Å². The van der Waals surface area contributed by atoms with Crippen LogP contribution >= 0.6 is 0 Å². The van der Waals surface area contributed by atoms with Crippen molar-refractivity contribution in [1.82, 2.24) is 5.32 Å². The van der Waals surface area contributed by atoms with Gasteiger partial charge < -0.3 is 15.8 Å². The van der Waals surface area contributed by atoms with Gasteiger partial charge in [-0.15, -0.1) is 0 Å². The number of amides is 1. The Bertz CT molecular complexity index is 313. The second-order valence-electron chi connectivity index (χ2n) is 2.81. The van der Waals surface area contributed by atoms with Crippen molar-refractivity contribution in [3.05, 3.63) is 29.8 Å². The maximum atomic E-state index is 11.0. The SMILES string of the molecule is CNCCOc1ccccc1C(N)=O. The van der Waals surface area contributed by atoms with Crippen LogP contribution in [-0.2, 0) is 0 Å². The van der Waals surface area contributed by atoms with Gasteiger partial charge in [-0.25, -0.2) is 0 Å². The third-order valence-corrected chi connectivity index (χ3v) is 1.76. The summed E-state index contributed by atoms with van der Waals surface area (Å²) >= 11 is 0. The Hall–Kier alpha value is -1.55. The average Bonchev–Trinajstić information content (AvgIpc) is 2.19. The summed E-state index contributed by atoms with van der Waals surface area (Å²) in [6.45, 7) is 1.24. The molecule has 0 spiro atoms. The van der Waals surface area contributed by atoms with E-state index >= 15 is 0 Å². The molecule has 0 heterocycles. The summed E-state index contributed by atoms with van der Waals surface area (Å²) in [4.78, 5) is 11.0. The second-order valence-corrected chi connectivity index (χ2v) is 2.81. The minimum Gasteiger partial charge on any atom is -0.491 e. The fourth-order valence-corrected chi connectivity index (χ4v) is 1.06. The Morgan fingerprint density at radius 2 is 2.21 bits per heavy atom. The van der Waals surface area contributed by atoms with Gasteiger partial charge in [0, 0.05) is 6.54 Å². The number of hydrogen-bond acceptors (Lipinski definition) is 3. The zero-order valence-electron chi connectivity index (χ0n) is 8.12. The number of carbonyl (C=O) groups is 1. The molecule has 76 valence electrons. The van der Waals surface area contributed by atoms with Crippen LogP contribution in [-0.4, -0.2) is 26.1 Å². The molecule has 4 heteroatoms. The van der Waals surface area contributed by atoms with E-state index in [0.717, 1.165) is 6.54 Å². The predicted octanol–water partition coefficient (Wildman–Crippen LogP) is 0.384. The van der Waals surface area contributed by atoms with E-state index in [1.165, 1.54) is 0 Å². The Balaban J connectivity index is 2.69. The summed E-state index contributed by atoms with van der Waals surface area (Å²) in [6, 6.07) is 6.94. The lowest BCUT2D eigenvalue weighted by molar-refractivity contribution is 0.0996. The molecule has 0 aliphatic carbocycles. The van der Waals surface area contributed by atoms with Crippen molar-refractivity contribution in [2.24, 2.45) is 5.73 Å². The fraction of sp³-hybridized carbons (Fsp3) is 0.300. The number of para-hydroxylation sites is 1. The normalized spacial score (nSPS) is 9.79. The van der Waals surface area contributed by atoms with Crippen LogP contribution in [0.25, 0.3) is 0 Å². The molecule has 0 saturated carbocycles. The molecule has 0 atom stereocenters. The van der Waals surface area contributed by atoms with Crippen LogP contribution in [0, 0.1) is 0 Å². The molecule has 0 aliphatic rings. The first-order valence-corrected chi connectivity index (χ1v) is 4.42. The molecule has 4 nitrogen and oxygen atoms in total. The molecule has 14 heavy (non-hydrogen) atoms. The lowest BCUT2D eigenvalue weighted by Crippen LogP contribution is -2.18. The molecule has 0 bridgehead atoms. The van der Waals surface area contributed by atoms with Crippen molar-refractivity contribution in [1.29, 1.82) is 0 Å². The van der Waals surface area contributed by atoms with Crippen LogP contribution in [0.1, 0.15) is 10.4 Å². The first-order chi connectivity index (χ1) is 6.75. The van der Waals surface area contributed by atoms with Crippen molar-refractivity contribution < 1.29 is 9.53 Å². The van der Waals surface area contributed by atoms with Gasteiger partial charge in [0.05, 0.1) is 5.56 Å². The van der Waals surface area contributed by atoms with Crippen LogP contribution in [0.4, 0.5) is 0 Å². The zero-order valence-corrected chi connectivity index (χ0v) is 8.12. The lowest BCUT2D eigenvalue weighted by atomic mass is 10.2. The lowest BCUT2D eigenvalue weighted by Gasteiger charge is -2.08. The number of ether oxygens (including phenoxy) is 1. The highest BCUT2D eigenvalue weighted by Gasteiger charge is 2.07. The van der Waals surface area contributed by atoms with Gasteiger partial charge in [0.15, 0.2) is 0 Å². The van der Waals surface area contributed by atoms with Crippen molar-refractivity contribution in [2.75, 3.05) is 20.2 Å². The van der Waals surface area contributed by atoms with Crippen molar-refractivity contribution >= 4 is 5.91 Å². The minimum absolute atomic E-state index is 0.420. The highest BCUT2D eigenvalue weighted by atomic mass is 16.5. The molecule has 0 aliphatic heterocycles. The van der Waals surface area contributed by atoms with Gasteiger partial charge >= 0.3 is 0 Å². The molecule has 3 N–H and O–H groups in total. The summed E-state index contributed by atoms with van der Waals surface area (Å²) in [7, 11) is 1.84.